The third-order valence-electron chi connectivity index (χ3n) is 2.01. The summed E-state index contributed by atoms with van der Waals surface area (Å²) < 4.78 is 75.0. The number of benzene rings is 1. The lowest BCUT2D eigenvalue weighted by Gasteiger charge is -2.11. The van der Waals surface area contributed by atoms with Gasteiger partial charge in [-0.2, -0.15) is 26.3 Å². The van der Waals surface area contributed by atoms with Gasteiger partial charge in [0, 0.05) is 0 Å². The van der Waals surface area contributed by atoms with Crippen LogP contribution in [0.15, 0.2) is 18.2 Å². The number of halogens is 4. The molecule has 0 spiro atoms. The minimum absolute atomic E-state index is 0.00773. The van der Waals surface area contributed by atoms with Crippen molar-refractivity contribution in [1.29, 1.82) is 0 Å². The maximum atomic E-state index is 13.5. The zero-order chi connectivity index (χ0) is 16.1. The van der Waals surface area contributed by atoms with Gasteiger partial charge < -0.3 is 5.73 Å². The van der Waals surface area contributed by atoms with Crippen LogP contribution in [-0.4, -0.2) is 27.7 Å². The van der Waals surface area contributed by atoms with Crippen molar-refractivity contribution in [2.45, 2.75) is 6.18 Å². The summed E-state index contributed by atoms with van der Waals surface area (Å²) in [5.74, 6) is 4.00. The van der Waals surface area contributed by atoms with E-state index in [1.54, 1.807) is 4.72 Å². The average Bonchev–Trinajstić information content (AvgIpc) is 2.34. The first-order valence-corrected chi connectivity index (χ1v) is 6.94. The minimum atomic E-state index is -4.69. The van der Waals surface area contributed by atoms with Crippen LogP contribution in [0, 0.1) is 17.7 Å². The number of nitrogens with one attached hydrogen (secondary N) is 2. The highest BCUT2D eigenvalue weighted by atomic mass is 32.2. The number of rotatable bonds is 4. The van der Waals surface area contributed by atoms with Crippen molar-refractivity contribution in [2.24, 2.45) is 5.73 Å². The molecule has 0 radical (unpaired) electrons. The molecule has 5 nitrogen and oxygen atoms in total. The summed E-state index contributed by atoms with van der Waals surface area (Å²) in [6, 6.07) is 3.14. The Morgan fingerprint density at radius 2 is 1.95 bits per heavy atom. The molecule has 0 aliphatic carbocycles. The fourth-order valence-electron chi connectivity index (χ4n) is 1.19. The number of anilines is 1. The number of hydrogen-bond donors (Lipinski definition) is 3. The summed E-state index contributed by atoms with van der Waals surface area (Å²) in [5, 5.41) is 0. The average molecular weight is 325 g/mol. The van der Waals surface area contributed by atoms with Crippen molar-refractivity contribution in [3.05, 3.63) is 29.6 Å². The molecule has 0 aliphatic rings. The number of hydrogen-bond acceptors (Lipinski definition) is 3. The van der Waals surface area contributed by atoms with E-state index in [1.165, 1.54) is 10.8 Å². The molecule has 1 aromatic rings. The van der Waals surface area contributed by atoms with Crippen LogP contribution in [0.25, 0.3) is 0 Å². The minimum Gasteiger partial charge on any atom is -0.320 e. The van der Waals surface area contributed by atoms with E-state index in [0.717, 1.165) is 12.1 Å². The van der Waals surface area contributed by atoms with Crippen LogP contribution in [0.3, 0.4) is 0 Å². The van der Waals surface area contributed by atoms with Gasteiger partial charge in [-0.15, -0.1) is 0 Å². The molecule has 0 unspecified atom stereocenters. The second kappa shape index (κ2) is 6.75. The maximum absolute atomic E-state index is 13.5. The van der Waals surface area contributed by atoms with E-state index in [0.29, 0.717) is 0 Å². The molecule has 4 N–H and O–H groups in total. The zero-order valence-corrected chi connectivity index (χ0v) is 11.3. The van der Waals surface area contributed by atoms with Crippen LogP contribution in [-0.2, 0) is 10.2 Å². The van der Waals surface area contributed by atoms with E-state index in [1.807, 2.05) is 0 Å². The van der Waals surface area contributed by atoms with Gasteiger partial charge in [0.2, 0.25) is 0 Å². The largest absolute Gasteiger partial charge is 0.402 e. The summed E-state index contributed by atoms with van der Waals surface area (Å²) in [4.78, 5) is 0. The lowest BCUT2D eigenvalue weighted by atomic mass is 10.2. The quantitative estimate of drug-likeness (QED) is 0.569. The molecule has 0 heterocycles. The smallest absolute Gasteiger partial charge is 0.320 e. The molecule has 0 atom stereocenters. The van der Waals surface area contributed by atoms with Crippen molar-refractivity contribution < 1.29 is 26.0 Å². The molecule has 0 saturated heterocycles. The molecule has 1 rings (SSSR count). The Morgan fingerprint density at radius 1 is 1.29 bits per heavy atom. The molecule has 0 aliphatic heterocycles. The Kier molecular flexibility index (Phi) is 5.54. The van der Waals surface area contributed by atoms with Gasteiger partial charge in [-0.3, -0.25) is 4.72 Å². The second-order valence-electron chi connectivity index (χ2n) is 3.74. The molecule has 0 aromatic heterocycles. The van der Waals surface area contributed by atoms with Crippen LogP contribution in [0.1, 0.15) is 5.56 Å². The van der Waals surface area contributed by atoms with Crippen LogP contribution < -0.4 is 15.2 Å². The lowest BCUT2D eigenvalue weighted by molar-refractivity contribution is -0.121. The van der Waals surface area contributed by atoms with Crippen molar-refractivity contribution in [3.8, 4) is 11.8 Å². The normalized spacial score (nSPS) is 11.7. The zero-order valence-electron chi connectivity index (χ0n) is 10.5. The van der Waals surface area contributed by atoms with Gasteiger partial charge in [0.15, 0.2) is 0 Å². The summed E-state index contributed by atoms with van der Waals surface area (Å²) in [7, 11) is -4.46. The predicted octanol–water partition coefficient (Wildman–Crippen LogP) is 0.945. The van der Waals surface area contributed by atoms with Crippen LogP contribution >= 0.6 is 0 Å². The first kappa shape index (κ1) is 17.2. The van der Waals surface area contributed by atoms with E-state index in [4.69, 9.17) is 5.73 Å². The Morgan fingerprint density at radius 3 is 2.48 bits per heavy atom. The molecule has 0 fully saturated rings. The summed E-state index contributed by atoms with van der Waals surface area (Å²) in [6.07, 6.45) is -4.69. The van der Waals surface area contributed by atoms with Gasteiger partial charge in [-0.25, -0.2) is 4.39 Å². The van der Waals surface area contributed by atoms with Gasteiger partial charge in [0.25, 0.3) is 10.2 Å². The highest BCUT2D eigenvalue weighted by Crippen LogP contribution is 2.16. The van der Waals surface area contributed by atoms with E-state index < -0.39 is 28.7 Å². The molecule has 1 aromatic carbocycles. The van der Waals surface area contributed by atoms with Gasteiger partial charge in [0.1, 0.15) is 12.4 Å². The van der Waals surface area contributed by atoms with Crippen molar-refractivity contribution in [3.63, 3.8) is 0 Å². The molecule has 10 heteroatoms. The molecule has 0 saturated carbocycles. The second-order valence-corrected chi connectivity index (χ2v) is 5.24. The van der Waals surface area contributed by atoms with E-state index in [-0.39, 0.29) is 17.8 Å². The maximum Gasteiger partial charge on any atom is 0.402 e. The molecular formula is C11H11F4N3O2S. The van der Waals surface area contributed by atoms with Crippen LogP contribution in [0.2, 0.25) is 0 Å². The molecular weight excluding hydrogens is 314 g/mol. The van der Waals surface area contributed by atoms with Gasteiger partial charge >= 0.3 is 6.18 Å². The predicted molar refractivity (Wildman–Crippen MR) is 68.9 cm³/mol. The van der Waals surface area contributed by atoms with Gasteiger partial charge in [0.05, 0.1) is 17.8 Å². The first-order chi connectivity index (χ1) is 9.63. The molecule has 116 valence electrons. The third-order valence-corrected chi connectivity index (χ3v) is 3.04. The summed E-state index contributed by atoms with van der Waals surface area (Å²) >= 11 is 0. The fourth-order valence-corrected chi connectivity index (χ4v) is 2.06. The monoisotopic (exact) mass is 325 g/mol. The van der Waals surface area contributed by atoms with Crippen molar-refractivity contribution in [2.75, 3.05) is 17.8 Å². The molecule has 0 bridgehead atoms. The highest BCUT2D eigenvalue weighted by Gasteiger charge is 2.29. The lowest BCUT2D eigenvalue weighted by Crippen LogP contribution is -2.37. The van der Waals surface area contributed by atoms with Gasteiger partial charge in [-0.05, 0) is 18.2 Å². The Balaban J connectivity index is 2.81. The number of alkyl halides is 3. The first-order valence-electron chi connectivity index (χ1n) is 5.45. The highest BCUT2D eigenvalue weighted by molar-refractivity contribution is 7.90. The summed E-state index contributed by atoms with van der Waals surface area (Å²) in [5.41, 5.74) is 4.88. The Labute approximate surface area is 118 Å². The third kappa shape index (κ3) is 6.44. The van der Waals surface area contributed by atoms with E-state index in [2.05, 4.69) is 11.8 Å². The Bertz CT molecular complexity index is 662. The van der Waals surface area contributed by atoms with Crippen LogP contribution in [0.5, 0.6) is 0 Å². The van der Waals surface area contributed by atoms with Gasteiger partial charge in [-0.1, -0.05) is 11.8 Å². The van der Waals surface area contributed by atoms with Crippen molar-refractivity contribution in [1.82, 2.24) is 4.72 Å². The fraction of sp³-hybridized carbons (Fsp3) is 0.273. The molecule has 0 amide bonds. The van der Waals surface area contributed by atoms with E-state index >= 15 is 0 Å². The van der Waals surface area contributed by atoms with Crippen LogP contribution in [0.4, 0.5) is 23.2 Å². The SMILES string of the molecule is NCC#Cc1ccc(NS(=O)(=O)NCC(F)(F)F)cc1F. The Hall–Kier alpha value is -1.83. The topological polar surface area (TPSA) is 84.2 Å². The van der Waals surface area contributed by atoms with Crippen molar-refractivity contribution >= 4 is 15.9 Å². The summed E-state index contributed by atoms with van der Waals surface area (Å²) in [6.45, 7) is -1.71. The number of nitrogens with two attached hydrogens (primary N) is 1. The van der Waals surface area contributed by atoms with E-state index in [9.17, 15) is 26.0 Å². The molecule has 21 heavy (non-hydrogen) atoms. The standard InChI is InChI=1S/C11H11F4N3O2S/c12-10-6-9(4-3-8(10)2-1-5-16)18-21(19,20)17-7-11(13,14)15/h3-4,6,17-18H,5,7,16H2.